The van der Waals surface area contributed by atoms with Gasteiger partial charge in [0.05, 0.1) is 5.52 Å². The van der Waals surface area contributed by atoms with Gasteiger partial charge in [-0.2, -0.15) is 0 Å². The van der Waals surface area contributed by atoms with Crippen LogP contribution in [0.4, 0.5) is 5.82 Å². The lowest BCUT2D eigenvalue weighted by atomic mass is 10.1. The number of hydrogen-bond acceptors (Lipinski definition) is 3. The Kier molecular flexibility index (Phi) is 3.20. The van der Waals surface area contributed by atoms with Gasteiger partial charge < -0.3 is 5.32 Å². The lowest BCUT2D eigenvalue weighted by Crippen LogP contribution is -2.12. The predicted octanol–water partition coefficient (Wildman–Crippen LogP) is 3.72. The lowest BCUT2D eigenvalue weighted by Gasteiger charge is -2.13. The van der Waals surface area contributed by atoms with Crippen LogP contribution in [0.15, 0.2) is 12.1 Å². The molecule has 0 unspecified atom stereocenters. The van der Waals surface area contributed by atoms with Gasteiger partial charge in [0.15, 0.2) is 0 Å². The van der Waals surface area contributed by atoms with Gasteiger partial charge in [-0.15, -0.1) is 0 Å². The second kappa shape index (κ2) is 4.49. The van der Waals surface area contributed by atoms with Crippen LogP contribution in [0.1, 0.15) is 25.0 Å². The molecule has 4 heteroatoms. The average Bonchev–Trinajstić information content (AvgIpc) is 2.13. The molecule has 0 aliphatic rings. The van der Waals surface area contributed by atoms with Gasteiger partial charge in [0, 0.05) is 11.4 Å². The number of halogens is 1. The average molecular weight is 250 g/mol. The molecule has 90 valence electrons. The summed E-state index contributed by atoms with van der Waals surface area (Å²) in [4.78, 5) is 8.55. The maximum Gasteiger partial charge on any atom is 0.224 e. The first kappa shape index (κ1) is 12.1. The van der Waals surface area contributed by atoms with Crippen LogP contribution < -0.4 is 5.32 Å². The minimum Gasteiger partial charge on any atom is -0.367 e. The Morgan fingerprint density at radius 1 is 1.18 bits per heavy atom. The minimum absolute atomic E-state index is 0.283. The van der Waals surface area contributed by atoms with Gasteiger partial charge in [-0.05, 0) is 56.5 Å². The highest BCUT2D eigenvalue weighted by atomic mass is 35.5. The highest BCUT2D eigenvalue weighted by Crippen LogP contribution is 2.27. The van der Waals surface area contributed by atoms with E-state index in [0.29, 0.717) is 6.04 Å². The van der Waals surface area contributed by atoms with E-state index in [9.17, 15) is 0 Å². The van der Waals surface area contributed by atoms with Crippen LogP contribution in [0.2, 0.25) is 5.28 Å². The van der Waals surface area contributed by atoms with Gasteiger partial charge in [0.2, 0.25) is 5.28 Å². The van der Waals surface area contributed by atoms with E-state index in [2.05, 4.69) is 49.0 Å². The van der Waals surface area contributed by atoms with Crippen molar-refractivity contribution in [2.75, 3.05) is 5.32 Å². The summed E-state index contributed by atoms with van der Waals surface area (Å²) in [6.45, 7) is 8.27. The van der Waals surface area contributed by atoms with Crippen LogP contribution in [-0.2, 0) is 0 Å². The molecule has 0 spiro atoms. The number of aromatic nitrogens is 2. The molecule has 0 bridgehead atoms. The van der Waals surface area contributed by atoms with Gasteiger partial charge in [-0.3, -0.25) is 0 Å². The van der Waals surface area contributed by atoms with Crippen molar-refractivity contribution >= 4 is 28.3 Å². The van der Waals surface area contributed by atoms with E-state index in [4.69, 9.17) is 11.6 Å². The van der Waals surface area contributed by atoms with Gasteiger partial charge in [-0.1, -0.05) is 6.07 Å². The minimum atomic E-state index is 0.283. The Bertz CT molecular complexity index is 559. The summed E-state index contributed by atoms with van der Waals surface area (Å²) in [6.07, 6.45) is 0. The molecule has 1 aromatic carbocycles. The van der Waals surface area contributed by atoms with E-state index in [1.165, 1.54) is 11.1 Å². The van der Waals surface area contributed by atoms with Crippen molar-refractivity contribution in [3.05, 3.63) is 28.5 Å². The van der Waals surface area contributed by atoms with E-state index in [-0.39, 0.29) is 5.28 Å². The second-order valence-corrected chi connectivity index (χ2v) is 4.95. The van der Waals surface area contributed by atoms with Crippen LogP contribution in [-0.4, -0.2) is 16.0 Å². The molecule has 1 aromatic heterocycles. The van der Waals surface area contributed by atoms with Crippen molar-refractivity contribution in [2.24, 2.45) is 0 Å². The molecule has 0 amide bonds. The van der Waals surface area contributed by atoms with Crippen LogP contribution in [0.25, 0.3) is 10.9 Å². The zero-order valence-electron chi connectivity index (χ0n) is 10.5. The number of fused-ring (bicyclic) bond motifs is 1. The lowest BCUT2D eigenvalue weighted by molar-refractivity contribution is 0.890. The van der Waals surface area contributed by atoms with Gasteiger partial charge >= 0.3 is 0 Å². The van der Waals surface area contributed by atoms with Crippen LogP contribution in [0.5, 0.6) is 0 Å². The quantitative estimate of drug-likeness (QED) is 0.825. The summed E-state index contributed by atoms with van der Waals surface area (Å²) >= 11 is 5.95. The third-order valence-corrected chi connectivity index (χ3v) is 2.71. The SMILES string of the molecule is Cc1cc(C)c2c(NC(C)C)nc(Cl)nc2c1. The highest BCUT2D eigenvalue weighted by Gasteiger charge is 2.10. The number of aryl methyl sites for hydroxylation is 2. The molecule has 0 saturated carbocycles. The number of hydrogen-bond donors (Lipinski definition) is 1. The molecule has 0 saturated heterocycles. The van der Waals surface area contributed by atoms with Gasteiger partial charge in [0.25, 0.3) is 0 Å². The Labute approximate surface area is 106 Å². The van der Waals surface area contributed by atoms with Gasteiger partial charge in [-0.25, -0.2) is 9.97 Å². The molecule has 2 rings (SSSR count). The van der Waals surface area contributed by atoms with Crippen LogP contribution in [0, 0.1) is 13.8 Å². The third-order valence-electron chi connectivity index (χ3n) is 2.54. The number of nitrogens with one attached hydrogen (secondary N) is 1. The van der Waals surface area contributed by atoms with E-state index in [1.54, 1.807) is 0 Å². The number of anilines is 1. The highest BCUT2D eigenvalue weighted by molar-refractivity contribution is 6.28. The second-order valence-electron chi connectivity index (χ2n) is 4.62. The summed E-state index contributed by atoms with van der Waals surface area (Å²) in [6, 6.07) is 4.47. The third kappa shape index (κ3) is 2.50. The van der Waals surface area contributed by atoms with Crippen LogP contribution in [0.3, 0.4) is 0 Å². The summed E-state index contributed by atoms with van der Waals surface area (Å²) < 4.78 is 0. The first-order valence-corrected chi connectivity index (χ1v) is 6.06. The summed E-state index contributed by atoms with van der Waals surface area (Å²) in [5.41, 5.74) is 3.24. The molecule has 3 nitrogen and oxygen atoms in total. The smallest absolute Gasteiger partial charge is 0.224 e. The van der Waals surface area contributed by atoms with E-state index in [1.807, 2.05) is 6.07 Å². The predicted molar refractivity (Wildman–Crippen MR) is 72.8 cm³/mol. The Balaban J connectivity index is 2.73. The van der Waals surface area contributed by atoms with Gasteiger partial charge in [0.1, 0.15) is 5.82 Å². The number of benzene rings is 1. The zero-order valence-corrected chi connectivity index (χ0v) is 11.3. The molecule has 0 fully saturated rings. The van der Waals surface area contributed by atoms with E-state index < -0.39 is 0 Å². The number of nitrogens with zero attached hydrogens (tertiary/aromatic N) is 2. The molecule has 1 heterocycles. The molecular formula is C13H16ClN3. The summed E-state index contributed by atoms with van der Waals surface area (Å²) in [7, 11) is 0. The van der Waals surface area contributed by atoms with Crippen molar-refractivity contribution in [3.8, 4) is 0 Å². The monoisotopic (exact) mass is 249 g/mol. The van der Waals surface area contributed by atoms with Crippen molar-refractivity contribution in [1.29, 1.82) is 0 Å². The summed E-state index contributed by atoms with van der Waals surface area (Å²) in [5.74, 6) is 0.813. The maximum atomic E-state index is 5.95. The zero-order chi connectivity index (χ0) is 12.6. The first-order valence-electron chi connectivity index (χ1n) is 5.68. The fourth-order valence-electron chi connectivity index (χ4n) is 1.99. The van der Waals surface area contributed by atoms with Crippen molar-refractivity contribution < 1.29 is 0 Å². The van der Waals surface area contributed by atoms with Crippen LogP contribution >= 0.6 is 11.6 Å². The first-order chi connectivity index (χ1) is 7.97. The van der Waals surface area contributed by atoms with E-state index >= 15 is 0 Å². The number of rotatable bonds is 2. The molecule has 2 aromatic rings. The molecule has 17 heavy (non-hydrogen) atoms. The van der Waals surface area contributed by atoms with Crippen molar-refractivity contribution in [1.82, 2.24) is 9.97 Å². The fraction of sp³-hybridized carbons (Fsp3) is 0.385. The molecule has 0 radical (unpaired) electrons. The Morgan fingerprint density at radius 3 is 2.53 bits per heavy atom. The largest absolute Gasteiger partial charge is 0.367 e. The van der Waals surface area contributed by atoms with Crippen molar-refractivity contribution in [2.45, 2.75) is 33.7 Å². The molecular weight excluding hydrogens is 234 g/mol. The Hall–Kier alpha value is -1.35. The molecule has 0 aliphatic heterocycles. The summed E-state index contributed by atoms with van der Waals surface area (Å²) in [5, 5.41) is 4.65. The van der Waals surface area contributed by atoms with E-state index in [0.717, 1.165) is 16.7 Å². The molecule has 0 aliphatic carbocycles. The topological polar surface area (TPSA) is 37.8 Å². The Morgan fingerprint density at radius 2 is 1.88 bits per heavy atom. The van der Waals surface area contributed by atoms with Crippen molar-refractivity contribution in [3.63, 3.8) is 0 Å². The normalized spacial score (nSPS) is 11.2. The maximum absolute atomic E-state index is 5.95. The molecule has 0 atom stereocenters. The fourth-order valence-corrected chi connectivity index (χ4v) is 2.17. The standard InChI is InChI=1S/C13H16ClN3/c1-7(2)15-12-11-9(4)5-8(3)6-10(11)16-13(14)17-12/h5-7H,1-4H3,(H,15,16,17). The molecule has 1 N–H and O–H groups in total.